The van der Waals surface area contributed by atoms with Crippen LogP contribution in [-0.2, 0) is 6.54 Å². The maximum absolute atomic E-state index is 12.8. The first-order valence-electron chi connectivity index (χ1n) is 10.1. The Morgan fingerprint density at radius 1 is 1.48 bits per heavy atom. The van der Waals surface area contributed by atoms with Gasteiger partial charge in [0.25, 0.3) is 5.91 Å². The molecule has 2 heterocycles. The molecule has 1 aliphatic rings. The number of carbonyl (C=O) groups excluding carboxylic acids is 1. The number of aliphatic imine (C=N–C) groups is 1. The van der Waals surface area contributed by atoms with E-state index >= 15 is 0 Å². The zero-order valence-corrected chi connectivity index (χ0v) is 17.7. The standard InChI is InChI=1S/C23H26N6O2/c1-4-17(13-24-5-2)18-9-10-25-21(12-18)23(31)27-20-8-6-7-19(11-20)22-28-26-15-29(22)14-16(3)30/h4-5,7,9-13,15-16,30H,1,6,8,14H2,2-3H3,(H,27,31)/b17-13+,24-5?/t16-/m0/s1. The summed E-state index contributed by atoms with van der Waals surface area (Å²) in [5.41, 5.74) is 3.55. The minimum absolute atomic E-state index is 0.290. The number of carbonyl (C=O) groups is 1. The number of aromatic nitrogens is 4. The Hall–Kier alpha value is -3.65. The molecule has 0 saturated carbocycles. The molecule has 0 fully saturated rings. The third-order valence-corrected chi connectivity index (χ3v) is 4.62. The normalized spacial score (nSPS) is 15.4. The largest absolute Gasteiger partial charge is 0.392 e. The molecule has 31 heavy (non-hydrogen) atoms. The summed E-state index contributed by atoms with van der Waals surface area (Å²) in [6, 6.07) is 3.53. The number of aliphatic hydroxyl groups is 1. The zero-order valence-electron chi connectivity index (χ0n) is 17.7. The predicted octanol–water partition coefficient (Wildman–Crippen LogP) is 3.16. The Balaban J connectivity index is 1.78. The summed E-state index contributed by atoms with van der Waals surface area (Å²) in [4.78, 5) is 21.2. The maximum atomic E-state index is 12.8. The first-order valence-corrected chi connectivity index (χ1v) is 10.1. The van der Waals surface area contributed by atoms with E-state index in [2.05, 4.69) is 32.1 Å². The zero-order chi connectivity index (χ0) is 22.2. The third kappa shape index (κ3) is 5.70. The molecular formula is C23H26N6O2. The summed E-state index contributed by atoms with van der Waals surface area (Å²) < 4.78 is 1.80. The van der Waals surface area contributed by atoms with Gasteiger partial charge in [-0.1, -0.05) is 18.7 Å². The number of hydrogen-bond acceptors (Lipinski definition) is 6. The molecule has 0 radical (unpaired) electrons. The van der Waals surface area contributed by atoms with Gasteiger partial charge < -0.3 is 15.0 Å². The number of amides is 1. The summed E-state index contributed by atoms with van der Waals surface area (Å²) in [7, 11) is 0. The molecular weight excluding hydrogens is 392 g/mol. The van der Waals surface area contributed by atoms with Crippen molar-refractivity contribution in [2.24, 2.45) is 4.99 Å². The van der Waals surface area contributed by atoms with E-state index in [-0.39, 0.29) is 5.91 Å². The van der Waals surface area contributed by atoms with E-state index in [9.17, 15) is 9.90 Å². The molecule has 2 aromatic rings. The Bertz CT molecular complexity index is 1080. The van der Waals surface area contributed by atoms with Gasteiger partial charge in [-0.25, -0.2) is 0 Å². The van der Waals surface area contributed by atoms with Crippen molar-refractivity contribution in [3.05, 3.63) is 78.4 Å². The van der Waals surface area contributed by atoms with Gasteiger partial charge in [0.2, 0.25) is 0 Å². The minimum atomic E-state index is -0.516. The highest BCUT2D eigenvalue weighted by Gasteiger charge is 2.17. The molecule has 0 spiro atoms. The van der Waals surface area contributed by atoms with E-state index in [1.807, 2.05) is 25.1 Å². The van der Waals surface area contributed by atoms with Crippen LogP contribution >= 0.6 is 0 Å². The van der Waals surface area contributed by atoms with Crippen molar-refractivity contribution in [3.63, 3.8) is 0 Å². The summed E-state index contributed by atoms with van der Waals surface area (Å²) in [6.45, 7) is 7.75. The van der Waals surface area contributed by atoms with E-state index in [1.54, 1.807) is 48.6 Å². The highest BCUT2D eigenvalue weighted by atomic mass is 16.3. The number of nitrogens with one attached hydrogen (secondary N) is 1. The third-order valence-electron chi connectivity index (χ3n) is 4.62. The fourth-order valence-electron chi connectivity index (χ4n) is 3.20. The van der Waals surface area contributed by atoms with E-state index in [1.165, 1.54) is 0 Å². The number of rotatable bonds is 8. The van der Waals surface area contributed by atoms with Crippen LogP contribution in [0, 0.1) is 0 Å². The molecule has 1 aliphatic carbocycles. The average Bonchev–Trinajstić information content (AvgIpc) is 3.22. The average molecular weight is 419 g/mol. The Morgan fingerprint density at radius 2 is 2.32 bits per heavy atom. The lowest BCUT2D eigenvalue weighted by Gasteiger charge is -2.16. The smallest absolute Gasteiger partial charge is 0.274 e. The van der Waals surface area contributed by atoms with E-state index in [0.29, 0.717) is 24.5 Å². The van der Waals surface area contributed by atoms with Crippen LogP contribution in [-0.4, -0.2) is 43.1 Å². The van der Waals surface area contributed by atoms with Gasteiger partial charge in [0.1, 0.15) is 12.0 Å². The second-order valence-electron chi connectivity index (χ2n) is 7.10. The van der Waals surface area contributed by atoms with Crippen molar-refractivity contribution in [1.82, 2.24) is 25.1 Å². The fourth-order valence-corrected chi connectivity index (χ4v) is 3.20. The lowest BCUT2D eigenvalue weighted by molar-refractivity contribution is 0.0959. The van der Waals surface area contributed by atoms with Crippen LogP contribution < -0.4 is 5.32 Å². The lowest BCUT2D eigenvalue weighted by atomic mass is 10.0. The summed E-state index contributed by atoms with van der Waals surface area (Å²) in [5.74, 6) is 0.368. The SMILES string of the molecule is C=C/C(=C\N=CC)c1ccnc(C(=O)NC2=CC(c3nncn3C[C@H](C)O)=CCC2)c1. The minimum Gasteiger partial charge on any atom is -0.392 e. The monoisotopic (exact) mass is 418 g/mol. The molecule has 0 saturated heterocycles. The van der Waals surface area contributed by atoms with Crippen LogP contribution in [0.1, 0.15) is 48.6 Å². The second-order valence-corrected chi connectivity index (χ2v) is 7.10. The van der Waals surface area contributed by atoms with E-state index in [4.69, 9.17) is 0 Å². The molecule has 2 N–H and O–H groups in total. The van der Waals surface area contributed by atoms with Crippen LogP contribution in [0.4, 0.5) is 0 Å². The fraction of sp³-hybridized carbons (Fsp3) is 0.261. The van der Waals surface area contributed by atoms with Crippen molar-refractivity contribution in [2.75, 3.05) is 0 Å². The molecule has 0 aliphatic heterocycles. The molecule has 0 bridgehead atoms. The highest BCUT2D eigenvalue weighted by molar-refractivity contribution is 5.95. The number of pyridine rings is 1. The lowest BCUT2D eigenvalue weighted by Crippen LogP contribution is -2.25. The molecule has 1 amide bonds. The number of nitrogens with zero attached hydrogens (tertiary/aromatic N) is 5. The Labute approximate surface area is 181 Å². The first-order chi connectivity index (χ1) is 15.0. The maximum Gasteiger partial charge on any atom is 0.274 e. The van der Waals surface area contributed by atoms with Crippen LogP contribution in [0.5, 0.6) is 0 Å². The van der Waals surface area contributed by atoms with Crippen molar-refractivity contribution < 1.29 is 9.90 Å². The summed E-state index contributed by atoms with van der Waals surface area (Å²) in [5, 5.41) is 20.7. The second kappa shape index (κ2) is 10.4. The van der Waals surface area contributed by atoms with Crippen LogP contribution in [0.3, 0.4) is 0 Å². The van der Waals surface area contributed by atoms with Gasteiger partial charge in [0.05, 0.1) is 12.6 Å². The van der Waals surface area contributed by atoms with Crippen molar-refractivity contribution in [1.29, 1.82) is 0 Å². The topological polar surface area (TPSA) is 105 Å². The van der Waals surface area contributed by atoms with Gasteiger partial charge in [0.15, 0.2) is 5.82 Å². The number of aliphatic hydroxyl groups excluding tert-OH is 1. The molecule has 8 heteroatoms. The van der Waals surface area contributed by atoms with Crippen LogP contribution in [0.2, 0.25) is 0 Å². The molecule has 3 rings (SSSR count). The van der Waals surface area contributed by atoms with E-state index in [0.717, 1.165) is 28.8 Å². The Kier molecular flexibility index (Phi) is 7.40. The van der Waals surface area contributed by atoms with Crippen molar-refractivity contribution in [2.45, 2.75) is 39.3 Å². The van der Waals surface area contributed by atoms with E-state index < -0.39 is 6.10 Å². The first kappa shape index (κ1) is 22.0. The summed E-state index contributed by atoms with van der Waals surface area (Å²) >= 11 is 0. The number of allylic oxidation sites excluding steroid dienone is 6. The highest BCUT2D eigenvalue weighted by Crippen LogP contribution is 2.23. The van der Waals surface area contributed by atoms with Gasteiger partial charge in [0, 0.05) is 29.9 Å². The predicted molar refractivity (Wildman–Crippen MR) is 121 cm³/mol. The van der Waals surface area contributed by atoms with Crippen LogP contribution in [0.25, 0.3) is 11.1 Å². The van der Waals surface area contributed by atoms with Gasteiger partial charge in [-0.15, -0.1) is 10.2 Å². The molecule has 1 atom stereocenters. The van der Waals surface area contributed by atoms with Gasteiger partial charge in [-0.2, -0.15) is 0 Å². The van der Waals surface area contributed by atoms with Gasteiger partial charge >= 0.3 is 0 Å². The van der Waals surface area contributed by atoms with Gasteiger partial charge in [-0.05, 0) is 56.0 Å². The molecule has 2 aromatic heterocycles. The van der Waals surface area contributed by atoms with Crippen LogP contribution in [0.15, 0.2) is 66.4 Å². The molecule has 0 aromatic carbocycles. The Morgan fingerprint density at radius 3 is 3.06 bits per heavy atom. The quantitative estimate of drug-likeness (QED) is 0.506. The molecule has 160 valence electrons. The molecule has 0 unspecified atom stereocenters. The molecule has 8 nitrogen and oxygen atoms in total. The van der Waals surface area contributed by atoms with Gasteiger partial charge in [-0.3, -0.25) is 14.8 Å². The summed E-state index contributed by atoms with van der Waals surface area (Å²) in [6.07, 6.45) is 13.1. The number of hydrogen-bond donors (Lipinski definition) is 2. The van der Waals surface area contributed by atoms with Crippen molar-refractivity contribution in [3.8, 4) is 0 Å². The van der Waals surface area contributed by atoms with Crippen molar-refractivity contribution >= 4 is 23.3 Å².